The van der Waals surface area contributed by atoms with Gasteiger partial charge in [-0.15, -0.1) is 6.42 Å². The Labute approximate surface area is 104 Å². The van der Waals surface area contributed by atoms with E-state index in [-0.39, 0.29) is 0 Å². The van der Waals surface area contributed by atoms with Crippen molar-refractivity contribution >= 4 is 23.1 Å². The highest BCUT2D eigenvalue weighted by Gasteiger charge is 2.23. The molecule has 0 aromatic carbocycles. The van der Waals surface area contributed by atoms with Crippen molar-refractivity contribution in [1.82, 2.24) is 9.97 Å². The van der Waals surface area contributed by atoms with Crippen molar-refractivity contribution in [1.29, 1.82) is 0 Å². The van der Waals surface area contributed by atoms with E-state index in [2.05, 4.69) is 20.8 Å². The second kappa shape index (κ2) is 4.11. The zero-order valence-electron chi connectivity index (χ0n) is 9.00. The van der Waals surface area contributed by atoms with Gasteiger partial charge in [-0.1, -0.05) is 17.7 Å². The highest BCUT2D eigenvalue weighted by atomic mass is 32.2. The summed E-state index contributed by atoms with van der Waals surface area (Å²) in [6.45, 7) is 0.538. The summed E-state index contributed by atoms with van der Waals surface area (Å²) < 4.78 is 0. The lowest BCUT2D eigenvalue weighted by atomic mass is 10.3. The summed E-state index contributed by atoms with van der Waals surface area (Å²) in [6, 6.07) is 5.95. The standard InChI is InChI=1S/C13H9N3S/c1-2-8-16-10-5-7-14-9-12(10)17-13-11(16)4-3-6-15-13/h1,3-7,9H,8H2. The minimum absolute atomic E-state index is 0.538. The third-order valence-electron chi connectivity index (χ3n) is 2.55. The molecule has 0 N–H and O–H groups in total. The summed E-state index contributed by atoms with van der Waals surface area (Å²) in [6.07, 6.45) is 10.9. The SMILES string of the molecule is C#CCN1c2ccncc2Sc2ncccc21. The Bertz CT molecular complexity index is 558. The predicted molar refractivity (Wildman–Crippen MR) is 68.4 cm³/mol. The summed E-state index contributed by atoms with van der Waals surface area (Å²) in [5.74, 6) is 2.69. The number of fused-ring (bicyclic) bond motifs is 2. The quantitative estimate of drug-likeness (QED) is 0.715. The highest BCUT2D eigenvalue weighted by molar-refractivity contribution is 7.99. The van der Waals surface area contributed by atoms with Crippen LogP contribution in [0.4, 0.5) is 11.4 Å². The number of rotatable bonds is 1. The molecule has 0 aliphatic carbocycles. The van der Waals surface area contributed by atoms with E-state index in [0.717, 1.165) is 21.3 Å². The zero-order chi connectivity index (χ0) is 11.7. The maximum atomic E-state index is 5.44. The summed E-state index contributed by atoms with van der Waals surface area (Å²) in [5, 5.41) is 0.975. The maximum absolute atomic E-state index is 5.44. The van der Waals surface area contributed by atoms with Crippen LogP contribution in [0.25, 0.3) is 0 Å². The lowest BCUT2D eigenvalue weighted by Crippen LogP contribution is -2.21. The van der Waals surface area contributed by atoms with Gasteiger partial charge in [0.25, 0.3) is 0 Å². The predicted octanol–water partition coefficient (Wildman–Crippen LogP) is 2.71. The number of aromatic nitrogens is 2. The van der Waals surface area contributed by atoms with E-state index >= 15 is 0 Å². The molecule has 3 heterocycles. The molecule has 0 saturated heterocycles. The van der Waals surface area contributed by atoms with Gasteiger partial charge >= 0.3 is 0 Å². The number of pyridine rings is 2. The molecule has 0 bridgehead atoms. The van der Waals surface area contributed by atoms with Crippen LogP contribution in [0.3, 0.4) is 0 Å². The van der Waals surface area contributed by atoms with Crippen molar-refractivity contribution < 1.29 is 0 Å². The molecule has 0 atom stereocenters. The van der Waals surface area contributed by atoms with Crippen LogP contribution in [0.1, 0.15) is 0 Å². The number of hydrogen-bond donors (Lipinski definition) is 0. The fourth-order valence-electron chi connectivity index (χ4n) is 1.84. The van der Waals surface area contributed by atoms with Gasteiger partial charge in [0.15, 0.2) is 0 Å². The molecule has 4 heteroatoms. The largest absolute Gasteiger partial charge is 0.326 e. The third kappa shape index (κ3) is 1.65. The first-order valence-electron chi connectivity index (χ1n) is 5.18. The smallest absolute Gasteiger partial charge is 0.125 e. The molecule has 3 nitrogen and oxygen atoms in total. The van der Waals surface area contributed by atoms with E-state index in [1.807, 2.05) is 24.4 Å². The third-order valence-corrected chi connectivity index (χ3v) is 3.59. The molecule has 17 heavy (non-hydrogen) atoms. The maximum Gasteiger partial charge on any atom is 0.125 e. The van der Waals surface area contributed by atoms with Gasteiger partial charge < -0.3 is 4.90 Å². The molecule has 0 radical (unpaired) electrons. The second-order valence-electron chi connectivity index (χ2n) is 3.56. The lowest BCUT2D eigenvalue weighted by molar-refractivity contribution is 0.988. The first-order valence-corrected chi connectivity index (χ1v) is 5.99. The Morgan fingerprint density at radius 2 is 2.24 bits per heavy atom. The number of anilines is 2. The van der Waals surface area contributed by atoms with Crippen molar-refractivity contribution in [3.05, 3.63) is 36.8 Å². The van der Waals surface area contributed by atoms with E-state index in [1.54, 1.807) is 24.2 Å². The van der Waals surface area contributed by atoms with Crippen LogP contribution in [0, 0.1) is 12.3 Å². The number of terminal acetylenes is 1. The van der Waals surface area contributed by atoms with Crippen LogP contribution in [0.15, 0.2) is 46.7 Å². The molecular weight excluding hydrogens is 230 g/mol. The molecule has 0 amide bonds. The van der Waals surface area contributed by atoms with E-state index in [9.17, 15) is 0 Å². The van der Waals surface area contributed by atoms with Crippen molar-refractivity contribution in [3.8, 4) is 12.3 Å². The second-order valence-corrected chi connectivity index (χ2v) is 4.59. The summed E-state index contributed by atoms with van der Waals surface area (Å²) in [7, 11) is 0. The van der Waals surface area contributed by atoms with E-state index < -0.39 is 0 Å². The molecule has 0 unspecified atom stereocenters. The van der Waals surface area contributed by atoms with Gasteiger partial charge in [0.1, 0.15) is 5.03 Å². The van der Waals surface area contributed by atoms with Crippen LogP contribution in [-0.4, -0.2) is 16.5 Å². The van der Waals surface area contributed by atoms with E-state index in [1.165, 1.54) is 0 Å². The van der Waals surface area contributed by atoms with Gasteiger partial charge in [-0.2, -0.15) is 0 Å². The summed E-state index contributed by atoms with van der Waals surface area (Å²) in [5.41, 5.74) is 2.16. The fourth-order valence-corrected chi connectivity index (χ4v) is 2.84. The van der Waals surface area contributed by atoms with Crippen molar-refractivity contribution in [2.75, 3.05) is 11.4 Å². The molecule has 1 aliphatic heterocycles. The molecule has 1 aliphatic rings. The van der Waals surface area contributed by atoms with Crippen LogP contribution in [0.5, 0.6) is 0 Å². The molecular formula is C13H9N3S. The Morgan fingerprint density at radius 1 is 1.29 bits per heavy atom. The van der Waals surface area contributed by atoms with Crippen LogP contribution < -0.4 is 4.90 Å². The number of nitrogens with zero attached hydrogens (tertiary/aromatic N) is 3. The molecule has 3 rings (SSSR count). The molecule has 2 aromatic heterocycles. The minimum Gasteiger partial charge on any atom is -0.326 e. The monoisotopic (exact) mass is 239 g/mol. The van der Waals surface area contributed by atoms with Gasteiger partial charge in [-0.05, 0) is 18.2 Å². The Morgan fingerprint density at radius 3 is 3.12 bits per heavy atom. The molecule has 0 saturated carbocycles. The topological polar surface area (TPSA) is 29.0 Å². The van der Waals surface area contributed by atoms with Gasteiger partial charge in [-0.25, -0.2) is 4.98 Å². The average Bonchev–Trinajstić information content (AvgIpc) is 2.39. The van der Waals surface area contributed by atoms with Crippen LogP contribution in [-0.2, 0) is 0 Å². The highest BCUT2D eigenvalue weighted by Crippen LogP contribution is 2.45. The summed E-state index contributed by atoms with van der Waals surface area (Å²) in [4.78, 5) is 11.7. The molecule has 82 valence electrons. The number of hydrogen-bond acceptors (Lipinski definition) is 4. The van der Waals surface area contributed by atoms with Crippen LogP contribution >= 0.6 is 11.8 Å². The van der Waals surface area contributed by atoms with Crippen molar-refractivity contribution in [2.45, 2.75) is 9.92 Å². The van der Waals surface area contributed by atoms with Crippen molar-refractivity contribution in [3.63, 3.8) is 0 Å². The first kappa shape index (κ1) is 10.2. The van der Waals surface area contributed by atoms with E-state index in [4.69, 9.17) is 6.42 Å². The molecule has 2 aromatic rings. The summed E-state index contributed by atoms with van der Waals surface area (Å²) >= 11 is 1.63. The molecule has 0 fully saturated rings. The van der Waals surface area contributed by atoms with Crippen molar-refractivity contribution in [2.24, 2.45) is 0 Å². The van der Waals surface area contributed by atoms with Gasteiger partial charge in [0, 0.05) is 18.6 Å². The average molecular weight is 239 g/mol. The van der Waals surface area contributed by atoms with Gasteiger partial charge in [0.05, 0.1) is 22.8 Å². The fraction of sp³-hybridized carbons (Fsp3) is 0.0769. The van der Waals surface area contributed by atoms with Gasteiger partial charge in [-0.3, -0.25) is 4.98 Å². The van der Waals surface area contributed by atoms with Gasteiger partial charge in [0.2, 0.25) is 0 Å². The minimum atomic E-state index is 0.538. The normalized spacial score (nSPS) is 12.5. The van der Waals surface area contributed by atoms with Crippen LogP contribution in [0.2, 0.25) is 0 Å². The Hall–Kier alpha value is -1.99. The first-order chi connectivity index (χ1) is 8.40. The van der Waals surface area contributed by atoms with E-state index in [0.29, 0.717) is 6.54 Å². The molecule has 0 spiro atoms. The zero-order valence-corrected chi connectivity index (χ0v) is 9.81. The lowest BCUT2D eigenvalue weighted by Gasteiger charge is -2.29. The Kier molecular flexibility index (Phi) is 2.46. The Balaban J connectivity index is 2.18.